The molecular formula is C23H32. The minimum Gasteiger partial charge on any atom is -0.0730 e. The second kappa shape index (κ2) is 10.3. The average Bonchev–Trinajstić information content (AvgIpc) is 2.61. The highest BCUT2D eigenvalue weighted by Crippen LogP contribution is 2.32. The van der Waals surface area contributed by atoms with Gasteiger partial charge in [0.2, 0.25) is 0 Å². The summed E-state index contributed by atoms with van der Waals surface area (Å²) < 4.78 is 0. The van der Waals surface area contributed by atoms with Crippen LogP contribution in [0.4, 0.5) is 0 Å². The molecule has 0 radical (unpaired) electrons. The molecule has 1 aliphatic carbocycles. The average molecular weight is 309 g/mol. The molecule has 0 N–H and O–H groups in total. The molecule has 1 aromatic carbocycles. The molecule has 0 spiro atoms. The molecule has 1 saturated carbocycles. The second-order valence-electron chi connectivity index (χ2n) is 6.96. The molecule has 1 aromatic rings. The van der Waals surface area contributed by atoms with Crippen LogP contribution in [0.25, 0.3) is 0 Å². The summed E-state index contributed by atoms with van der Waals surface area (Å²) in [7, 11) is 0. The minimum atomic E-state index is 0.759. The Kier molecular flexibility index (Phi) is 8.02. The fraction of sp³-hybridized carbons (Fsp3) is 0.565. The summed E-state index contributed by atoms with van der Waals surface area (Å²) in [6, 6.07) is 8.60. The predicted molar refractivity (Wildman–Crippen MR) is 101 cm³/mol. The van der Waals surface area contributed by atoms with E-state index in [-0.39, 0.29) is 0 Å². The van der Waals surface area contributed by atoms with Gasteiger partial charge < -0.3 is 0 Å². The molecule has 0 nitrogen and oxygen atoms in total. The molecule has 0 aliphatic heterocycles. The van der Waals surface area contributed by atoms with E-state index in [0.717, 1.165) is 23.8 Å². The van der Waals surface area contributed by atoms with E-state index < -0.39 is 0 Å². The summed E-state index contributed by atoms with van der Waals surface area (Å²) in [6.45, 7) is 4.48. The van der Waals surface area contributed by atoms with Gasteiger partial charge in [-0.2, -0.15) is 0 Å². The van der Waals surface area contributed by atoms with Crippen LogP contribution in [0.15, 0.2) is 36.4 Å². The van der Waals surface area contributed by atoms with E-state index in [1.54, 1.807) is 0 Å². The standard InChI is InChI=1S/C23H32/c1-3-5-6-9-21-16-18-23(19-17-21)11-8-7-10-22-14-12-20(4-2)13-15-22/h8,11-15,21,23H,3-6,9,16-19H2,1-2H3/t21-,23-. The predicted octanol–water partition coefficient (Wildman–Crippen LogP) is 6.54. The molecule has 23 heavy (non-hydrogen) atoms. The number of rotatable bonds is 6. The van der Waals surface area contributed by atoms with Gasteiger partial charge in [-0.3, -0.25) is 0 Å². The Morgan fingerprint density at radius 3 is 2.39 bits per heavy atom. The first kappa shape index (κ1) is 17.9. The van der Waals surface area contributed by atoms with Crippen LogP contribution >= 0.6 is 0 Å². The number of unbranched alkanes of at least 4 members (excludes halogenated alkanes) is 2. The van der Waals surface area contributed by atoms with Crippen molar-refractivity contribution in [2.75, 3.05) is 0 Å². The molecule has 0 bridgehead atoms. The normalized spacial score (nSPS) is 21.1. The van der Waals surface area contributed by atoms with Crippen LogP contribution in [-0.2, 0) is 6.42 Å². The summed E-state index contributed by atoms with van der Waals surface area (Å²) in [5.74, 6) is 8.20. The van der Waals surface area contributed by atoms with Crippen LogP contribution in [0.5, 0.6) is 0 Å². The smallest absolute Gasteiger partial charge is 0.0249 e. The zero-order valence-corrected chi connectivity index (χ0v) is 15.0. The first-order valence-corrected chi connectivity index (χ1v) is 9.59. The van der Waals surface area contributed by atoms with E-state index in [0.29, 0.717) is 0 Å². The summed E-state index contributed by atoms with van der Waals surface area (Å²) in [4.78, 5) is 0. The Hall–Kier alpha value is -1.48. The lowest BCUT2D eigenvalue weighted by Crippen LogP contribution is -2.12. The van der Waals surface area contributed by atoms with Crippen LogP contribution in [0.2, 0.25) is 0 Å². The molecule has 0 saturated heterocycles. The van der Waals surface area contributed by atoms with E-state index >= 15 is 0 Å². The summed E-state index contributed by atoms with van der Waals surface area (Å²) in [6.07, 6.45) is 16.7. The zero-order valence-electron chi connectivity index (χ0n) is 15.0. The van der Waals surface area contributed by atoms with Crippen molar-refractivity contribution in [3.05, 3.63) is 47.5 Å². The Labute approximate surface area is 143 Å². The SMILES string of the molecule is CCCCC[C@H]1CC[C@H](C=CC#Cc2ccc(CC)cc2)CC1. The number of hydrogen-bond donors (Lipinski definition) is 0. The summed E-state index contributed by atoms with van der Waals surface area (Å²) in [5.41, 5.74) is 2.49. The van der Waals surface area contributed by atoms with E-state index in [1.807, 2.05) is 0 Å². The van der Waals surface area contributed by atoms with E-state index in [4.69, 9.17) is 0 Å². The molecular weight excluding hydrogens is 276 g/mol. The third-order valence-electron chi connectivity index (χ3n) is 5.14. The number of hydrogen-bond acceptors (Lipinski definition) is 0. The molecule has 2 rings (SSSR count). The van der Waals surface area contributed by atoms with Gasteiger partial charge in [-0.1, -0.05) is 69.6 Å². The van der Waals surface area contributed by atoms with Crippen molar-refractivity contribution in [1.82, 2.24) is 0 Å². The van der Waals surface area contributed by atoms with Gasteiger partial charge in [-0.05, 0) is 67.7 Å². The third-order valence-corrected chi connectivity index (χ3v) is 5.14. The highest BCUT2D eigenvalue weighted by Gasteiger charge is 2.18. The van der Waals surface area contributed by atoms with Gasteiger partial charge in [-0.25, -0.2) is 0 Å². The zero-order chi connectivity index (χ0) is 16.3. The summed E-state index contributed by atoms with van der Waals surface area (Å²) >= 11 is 0. The largest absolute Gasteiger partial charge is 0.0730 e. The van der Waals surface area contributed by atoms with Crippen molar-refractivity contribution >= 4 is 0 Å². The Morgan fingerprint density at radius 1 is 1.00 bits per heavy atom. The molecule has 0 aromatic heterocycles. The van der Waals surface area contributed by atoms with Crippen LogP contribution < -0.4 is 0 Å². The van der Waals surface area contributed by atoms with E-state index in [9.17, 15) is 0 Å². The fourth-order valence-electron chi connectivity index (χ4n) is 3.49. The summed E-state index contributed by atoms with van der Waals surface area (Å²) in [5, 5.41) is 0. The number of benzene rings is 1. The Balaban J connectivity index is 1.71. The minimum absolute atomic E-state index is 0.759. The van der Waals surface area contributed by atoms with Crippen LogP contribution in [-0.4, -0.2) is 0 Å². The van der Waals surface area contributed by atoms with Crippen molar-refractivity contribution in [2.24, 2.45) is 11.8 Å². The van der Waals surface area contributed by atoms with Gasteiger partial charge in [0.05, 0.1) is 0 Å². The molecule has 0 amide bonds. The highest BCUT2D eigenvalue weighted by molar-refractivity contribution is 5.38. The monoisotopic (exact) mass is 308 g/mol. The van der Waals surface area contributed by atoms with Gasteiger partial charge in [-0.15, -0.1) is 0 Å². The molecule has 1 aliphatic rings. The van der Waals surface area contributed by atoms with Crippen molar-refractivity contribution in [2.45, 2.75) is 71.6 Å². The lowest BCUT2D eigenvalue weighted by atomic mass is 9.79. The molecule has 0 heteroatoms. The Morgan fingerprint density at radius 2 is 1.74 bits per heavy atom. The number of aryl methyl sites for hydroxylation is 1. The Bertz CT molecular complexity index is 515. The maximum Gasteiger partial charge on any atom is 0.0249 e. The van der Waals surface area contributed by atoms with Gasteiger partial charge in [0.15, 0.2) is 0 Å². The second-order valence-corrected chi connectivity index (χ2v) is 6.96. The molecule has 0 atom stereocenters. The first-order chi connectivity index (χ1) is 11.3. The molecule has 0 heterocycles. The highest BCUT2D eigenvalue weighted by atomic mass is 14.2. The topological polar surface area (TPSA) is 0 Å². The molecule has 0 unspecified atom stereocenters. The van der Waals surface area contributed by atoms with Crippen molar-refractivity contribution in [3.8, 4) is 11.8 Å². The van der Waals surface area contributed by atoms with Crippen molar-refractivity contribution in [1.29, 1.82) is 0 Å². The molecule has 1 fully saturated rings. The third kappa shape index (κ3) is 6.66. The van der Waals surface area contributed by atoms with Gasteiger partial charge >= 0.3 is 0 Å². The van der Waals surface area contributed by atoms with Crippen molar-refractivity contribution < 1.29 is 0 Å². The maximum absolute atomic E-state index is 3.24. The first-order valence-electron chi connectivity index (χ1n) is 9.59. The van der Waals surface area contributed by atoms with Gasteiger partial charge in [0.1, 0.15) is 0 Å². The van der Waals surface area contributed by atoms with Crippen molar-refractivity contribution in [3.63, 3.8) is 0 Å². The number of allylic oxidation sites excluding steroid dienone is 2. The van der Waals surface area contributed by atoms with Crippen LogP contribution in [0, 0.1) is 23.7 Å². The molecule has 124 valence electrons. The maximum atomic E-state index is 3.24. The lowest BCUT2D eigenvalue weighted by molar-refractivity contribution is 0.289. The lowest BCUT2D eigenvalue weighted by Gasteiger charge is -2.26. The van der Waals surface area contributed by atoms with Gasteiger partial charge in [0, 0.05) is 5.56 Å². The van der Waals surface area contributed by atoms with Crippen LogP contribution in [0.1, 0.15) is 76.3 Å². The fourth-order valence-corrected chi connectivity index (χ4v) is 3.49. The quantitative estimate of drug-likeness (QED) is 0.413. The van der Waals surface area contributed by atoms with E-state index in [2.05, 4.69) is 62.1 Å². The van der Waals surface area contributed by atoms with Crippen LogP contribution in [0.3, 0.4) is 0 Å². The van der Waals surface area contributed by atoms with E-state index in [1.165, 1.54) is 56.9 Å². The van der Waals surface area contributed by atoms with Gasteiger partial charge in [0.25, 0.3) is 0 Å².